The van der Waals surface area contributed by atoms with Gasteiger partial charge in [0.1, 0.15) is 5.75 Å². The molecule has 0 fully saturated rings. The molecule has 0 aliphatic heterocycles. The molecule has 0 bridgehead atoms. The number of amides is 1. The summed E-state index contributed by atoms with van der Waals surface area (Å²) in [5.74, 6) is 0.282. The Morgan fingerprint density at radius 3 is 2.40 bits per heavy atom. The van der Waals surface area contributed by atoms with Crippen LogP contribution in [0.15, 0.2) is 24.3 Å². The minimum absolute atomic E-state index is 0.166. The highest BCUT2D eigenvalue weighted by Gasteiger charge is 2.24. The van der Waals surface area contributed by atoms with Crippen LogP contribution < -0.4 is 10.5 Å². The minimum atomic E-state index is -0.311. The molecule has 1 amide bonds. The molecule has 3 nitrogen and oxygen atoms in total. The number of para-hydroxylation sites is 1. The predicted octanol–water partition coefficient (Wildman–Crippen LogP) is 1.92. The van der Waals surface area contributed by atoms with Crippen LogP contribution in [-0.2, 0) is 4.79 Å². The average Bonchev–Trinajstić information content (AvgIpc) is 2.17. The van der Waals surface area contributed by atoms with Crippen molar-refractivity contribution in [2.24, 2.45) is 11.7 Å². The van der Waals surface area contributed by atoms with Gasteiger partial charge in [-0.05, 0) is 12.0 Å². The van der Waals surface area contributed by atoms with Gasteiger partial charge < -0.3 is 10.5 Å². The number of methoxy groups -OCH3 is 1. The van der Waals surface area contributed by atoms with E-state index in [1.165, 1.54) is 0 Å². The number of carbonyl (C=O) groups excluding carboxylic acids is 1. The van der Waals surface area contributed by atoms with Crippen LogP contribution in [0.2, 0.25) is 0 Å². The fourth-order valence-electron chi connectivity index (χ4n) is 1.76. The molecule has 0 aromatic heterocycles. The molecule has 1 aromatic carbocycles. The van der Waals surface area contributed by atoms with E-state index in [2.05, 4.69) is 0 Å². The van der Waals surface area contributed by atoms with Gasteiger partial charge in [-0.3, -0.25) is 4.79 Å². The molecule has 15 heavy (non-hydrogen) atoms. The molecule has 1 aromatic rings. The van der Waals surface area contributed by atoms with Crippen molar-refractivity contribution in [2.75, 3.05) is 7.11 Å². The Labute approximate surface area is 90.2 Å². The molecule has 0 aliphatic rings. The Kier molecular flexibility index (Phi) is 3.72. The molecule has 0 aliphatic carbocycles. The van der Waals surface area contributed by atoms with Crippen LogP contribution in [0.4, 0.5) is 0 Å². The molecule has 82 valence electrons. The lowest BCUT2D eigenvalue weighted by Crippen LogP contribution is -2.25. The third-order valence-electron chi connectivity index (χ3n) is 2.45. The topological polar surface area (TPSA) is 52.3 Å². The first-order valence-electron chi connectivity index (χ1n) is 5.00. The zero-order chi connectivity index (χ0) is 11.4. The van der Waals surface area contributed by atoms with Crippen LogP contribution in [0, 0.1) is 5.92 Å². The number of carbonyl (C=O) groups is 1. The highest BCUT2D eigenvalue weighted by molar-refractivity contribution is 5.83. The highest BCUT2D eigenvalue weighted by Crippen LogP contribution is 2.31. The first kappa shape index (κ1) is 11.6. The quantitative estimate of drug-likeness (QED) is 0.820. The van der Waals surface area contributed by atoms with Crippen LogP contribution >= 0.6 is 0 Å². The first-order chi connectivity index (χ1) is 7.07. The van der Waals surface area contributed by atoms with Gasteiger partial charge in [-0.25, -0.2) is 0 Å². The van der Waals surface area contributed by atoms with Crippen LogP contribution in [0.5, 0.6) is 5.75 Å². The Hall–Kier alpha value is -1.51. The van der Waals surface area contributed by atoms with Gasteiger partial charge in [0.15, 0.2) is 0 Å². The number of benzene rings is 1. The molecular weight excluding hydrogens is 190 g/mol. The van der Waals surface area contributed by atoms with Crippen LogP contribution in [0.3, 0.4) is 0 Å². The summed E-state index contributed by atoms with van der Waals surface area (Å²) in [6.07, 6.45) is 0. The van der Waals surface area contributed by atoms with E-state index in [9.17, 15) is 4.79 Å². The van der Waals surface area contributed by atoms with Crippen molar-refractivity contribution < 1.29 is 9.53 Å². The second-order valence-electron chi connectivity index (χ2n) is 3.87. The van der Waals surface area contributed by atoms with E-state index < -0.39 is 0 Å². The molecule has 1 rings (SSSR count). The monoisotopic (exact) mass is 207 g/mol. The van der Waals surface area contributed by atoms with E-state index in [1.807, 2.05) is 38.1 Å². The number of rotatable bonds is 4. The summed E-state index contributed by atoms with van der Waals surface area (Å²) < 4.78 is 5.22. The largest absolute Gasteiger partial charge is 0.496 e. The smallest absolute Gasteiger partial charge is 0.225 e. The van der Waals surface area contributed by atoms with Crippen molar-refractivity contribution in [1.82, 2.24) is 0 Å². The number of hydrogen-bond acceptors (Lipinski definition) is 2. The van der Waals surface area contributed by atoms with Gasteiger partial charge in [-0.15, -0.1) is 0 Å². The summed E-state index contributed by atoms with van der Waals surface area (Å²) in [4.78, 5) is 11.4. The van der Waals surface area contributed by atoms with Crippen molar-refractivity contribution >= 4 is 5.91 Å². The Bertz CT molecular complexity index is 347. The third-order valence-corrected chi connectivity index (χ3v) is 2.45. The second kappa shape index (κ2) is 4.82. The molecule has 0 radical (unpaired) electrons. The van der Waals surface area contributed by atoms with E-state index in [0.717, 1.165) is 11.3 Å². The Morgan fingerprint density at radius 2 is 1.93 bits per heavy atom. The summed E-state index contributed by atoms with van der Waals surface area (Å²) in [5, 5.41) is 0. The maximum atomic E-state index is 11.4. The fraction of sp³-hybridized carbons (Fsp3) is 0.417. The second-order valence-corrected chi connectivity index (χ2v) is 3.87. The standard InChI is InChI=1S/C12H17NO2/c1-8(2)11(12(13)14)9-6-4-5-7-10(9)15-3/h4-8,11H,1-3H3,(H2,13,14). The lowest BCUT2D eigenvalue weighted by Gasteiger charge is -2.19. The van der Waals surface area contributed by atoms with E-state index in [1.54, 1.807) is 7.11 Å². The summed E-state index contributed by atoms with van der Waals surface area (Å²) in [5.41, 5.74) is 6.26. The Balaban J connectivity index is 3.16. The van der Waals surface area contributed by atoms with E-state index in [4.69, 9.17) is 10.5 Å². The molecule has 0 saturated carbocycles. The fourth-order valence-corrected chi connectivity index (χ4v) is 1.76. The maximum absolute atomic E-state index is 11.4. The van der Waals surface area contributed by atoms with Crippen molar-refractivity contribution in [3.8, 4) is 5.75 Å². The Morgan fingerprint density at radius 1 is 1.33 bits per heavy atom. The van der Waals surface area contributed by atoms with Crippen LogP contribution in [0.25, 0.3) is 0 Å². The molecular formula is C12H17NO2. The molecule has 1 atom stereocenters. The third kappa shape index (κ3) is 2.49. The molecule has 2 N–H and O–H groups in total. The van der Waals surface area contributed by atoms with E-state index >= 15 is 0 Å². The SMILES string of the molecule is COc1ccccc1C(C(N)=O)C(C)C. The molecule has 1 unspecified atom stereocenters. The number of primary amides is 1. The van der Waals surface area contributed by atoms with Crippen molar-refractivity contribution in [3.63, 3.8) is 0 Å². The summed E-state index contributed by atoms with van der Waals surface area (Å²) in [6.45, 7) is 3.95. The number of nitrogens with two attached hydrogens (primary N) is 1. The highest BCUT2D eigenvalue weighted by atomic mass is 16.5. The van der Waals surface area contributed by atoms with Crippen molar-refractivity contribution in [2.45, 2.75) is 19.8 Å². The molecule has 3 heteroatoms. The first-order valence-corrected chi connectivity index (χ1v) is 5.00. The maximum Gasteiger partial charge on any atom is 0.225 e. The van der Waals surface area contributed by atoms with Gasteiger partial charge in [0.25, 0.3) is 0 Å². The minimum Gasteiger partial charge on any atom is -0.496 e. The van der Waals surface area contributed by atoms with Gasteiger partial charge in [-0.1, -0.05) is 32.0 Å². The lowest BCUT2D eigenvalue weighted by molar-refractivity contribution is -0.120. The van der Waals surface area contributed by atoms with Gasteiger partial charge in [0.2, 0.25) is 5.91 Å². The summed E-state index contributed by atoms with van der Waals surface area (Å²) in [6, 6.07) is 7.48. The molecule has 0 saturated heterocycles. The van der Waals surface area contributed by atoms with Gasteiger partial charge in [-0.2, -0.15) is 0 Å². The zero-order valence-corrected chi connectivity index (χ0v) is 9.36. The zero-order valence-electron chi connectivity index (χ0n) is 9.36. The van der Waals surface area contributed by atoms with E-state index in [0.29, 0.717) is 0 Å². The van der Waals surface area contributed by atoms with Gasteiger partial charge in [0, 0.05) is 5.56 Å². The predicted molar refractivity (Wildman–Crippen MR) is 59.8 cm³/mol. The molecule has 0 spiro atoms. The van der Waals surface area contributed by atoms with Crippen LogP contribution in [-0.4, -0.2) is 13.0 Å². The average molecular weight is 207 g/mol. The lowest BCUT2D eigenvalue weighted by atomic mass is 9.87. The summed E-state index contributed by atoms with van der Waals surface area (Å²) >= 11 is 0. The van der Waals surface area contributed by atoms with E-state index in [-0.39, 0.29) is 17.7 Å². The number of hydrogen-bond donors (Lipinski definition) is 1. The van der Waals surface area contributed by atoms with Gasteiger partial charge >= 0.3 is 0 Å². The molecule has 0 heterocycles. The van der Waals surface area contributed by atoms with Crippen molar-refractivity contribution in [1.29, 1.82) is 0 Å². The van der Waals surface area contributed by atoms with Crippen molar-refractivity contribution in [3.05, 3.63) is 29.8 Å². The van der Waals surface area contributed by atoms with Gasteiger partial charge in [0.05, 0.1) is 13.0 Å². The number of ether oxygens (including phenoxy) is 1. The summed E-state index contributed by atoms with van der Waals surface area (Å²) in [7, 11) is 1.59. The van der Waals surface area contributed by atoms with Crippen LogP contribution in [0.1, 0.15) is 25.3 Å². The normalized spacial score (nSPS) is 12.5.